The summed E-state index contributed by atoms with van der Waals surface area (Å²) >= 11 is 2.89. The minimum Gasteiger partial charge on any atom is -0.435 e. The van der Waals surface area contributed by atoms with Crippen molar-refractivity contribution < 1.29 is 26.7 Å². The number of aromatic nitrogens is 1. The number of hydrogen-bond acceptors (Lipinski definition) is 2. The van der Waals surface area contributed by atoms with E-state index in [-0.39, 0.29) is 4.47 Å². The second-order valence-electron chi connectivity index (χ2n) is 3.66. The van der Waals surface area contributed by atoms with Crippen molar-refractivity contribution in [3.8, 4) is 11.6 Å². The maximum absolute atomic E-state index is 13.5. The van der Waals surface area contributed by atoms with Gasteiger partial charge in [0.1, 0.15) is 5.56 Å². The van der Waals surface area contributed by atoms with Crippen LogP contribution in [0.4, 0.5) is 22.0 Å². The SMILES string of the molecule is Fc1cc(Br)cc(Oc2ncccc2C(F)(F)F)c1F. The van der Waals surface area contributed by atoms with Crippen LogP contribution in [0.3, 0.4) is 0 Å². The van der Waals surface area contributed by atoms with Crippen LogP contribution < -0.4 is 4.74 Å². The number of benzene rings is 1. The Labute approximate surface area is 118 Å². The molecule has 0 aliphatic carbocycles. The minimum absolute atomic E-state index is 0.121. The van der Waals surface area contributed by atoms with Crippen molar-refractivity contribution in [2.75, 3.05) is 0 Å². The Kier molecular flexibility index (Phi) is 3.94. The highest BCUT2D eigenvalue weighted by atomic mass is 79.9. The summed E-state index contributed by atoms with van der Waals surface area (Å²) in [4.78, 5) is 3.39. The predicted octanol–water partition coefficient (Wildman–Crippen LogP) is 4.93. The predicted molar refractivity (Wildman–Crippen MR) is 63.4 cm³/mol. The zero-order valence-corrected chi connectivity index (χ0v) is 11.1. The van der Waals surface area contributed by atoms with E-state index in [1.54, 1.807) is 0 Å². The third-order valence-electron chi connectivity index (χ3n) is 2.24. The third kappa shape index (κ3) is 3.06. The number of alkyl halides is 3. The Bertz CT molecular complexity index is 644. The first kappa shape index (κ1) is 14.7. The number of pyridine rings is 1. The van der Waals surface area contributed by atoms with Crippen molar-refractivity contribution >= 4 is 15.9 Å². The molecule has 0 atom stereocenters. The summed E-state index contributed by atoms with van der Waals surface area (Å²) in [5.74, 6) is -4.19. The van der Waals surface area contributed by atoms with Gasteiger partial charge in [0, 0.05) is 10.7 Å². The molecule has 0 unspecified atom stereocenters. The zero-order chi connectivity index (χ0) is 14.9. The van der Waals surface area contributed by atoms with E-state index in [2.05, 4.69) is 20.9 Å². The van der Waals surface area contributed by atoms with Crippen molar-refractivity contribution in [1.29, 1.82) is 0 Å². The van der Waals surface area contributed by atoms with E-state index in [9.17, 15) is 22.0 Å². The molecule has 2 aromatic rings. The van der Waals surface area contributed by atoms with Crippen LogP contribution in [0.2, 0.25) is 0 Å². The van der Waals surface area contributed by atoms with Crippen LogP contribution in [0.1, 0.15) is 5.56 Å². The smallest absolute Gasteiger partial charge is 0.421 e. The van der Waals surface area contributed by atoms with Crippen LogP contribution in [-0.2, 0) is 6.18 Å². The molecule has 0 bridgehead atoms. The van der Waals surface area contributed by atoms with E-state index in [4.69, 9.17) is 4.74 Å². The van der Waals surface area contributed by atoms with Gasteiger partial charge < -0.3 is 4.74 Å². The number of halogens is 6. The minimum atomic E-state index is -4.72. The Morgan fingerprint density at radius 1 is 1.15 bits per heavy atom. The number of nitrogens with zero attached hydrogens (tertiary/aromatic N) is 1. The van der Waals surface area contributed by atoms with E-state index in [0.717, 1.165) is 30.5 Å². The topological polar surface area (TPSA) is 22.1 Å². The zero-order valence-electron chi connectivity index (χ0n) is 9.51. The average Bonchev–Trinajstić information content (AvgIpc) is 2.34. The maximum atomic E-state index is 13.5. The van der Waals surface area contributed by atoms with Crippen molar-refractivity contribution in [2.24, 2.45) is 0 Å². The Morgan fingerprint density at radius 3 is 2.50 bits per heavy atom. The molecule has 1 aromatic carbocycles. The second-order valence-corrected chi connectivity index (χ2v) is 4.57. The van der Waals surface area contributed by atoms with Crippen LogP contribution in [-0.4, -0.2) is 4.98 Å². The Hall–Kier alpha value is -1.70. The standard InChI is InChI=1S/C12H5BrF5NO/c13-6-4-8(14)10(15)9(5-6)20-11-7(12(16,17)18)2-1-3-19-11/h1-5H. The number of hydrogen-bond donors (Lipinski definition) is 0. The molecule has 8 heteroatoms. The third-order valence-corrected chi connectivity index (χ3v) is 2.70. The molecule has 0 aliphatic heterocycles. The van der Waals surface area contributed by atoms with Gasteiger partial charge >= 0.3 is 6.18 Å². The van der Waals surface area contributed by atoms with Gasteiger partial charge in [0.05, 0.1) is 0 Å². The van der Waals surface area contributed by atoms with E-state index in [1.807, 2.05) is 0 Å². The molecule has 1 aromatic heterocycles. The summed E-state index contributed by atoms with van der Waals surface area (Å²) < 4.78 is 69.6. The maximum Gasteiger partial charge on any atom is 0.421 e. The van der Waals surface area contributed by atoms with Gasteiger partial charge in [-0.15, -0.1) is 0 Å². The molecular formula is C12H5BrF5NO. The molecule has 0 saturated carbocycles. The molecule has 0 radical (unpaired) electrons. The van der Waals surface area contributed by atoms with E-state index in [1.165, 1.54) is 0 Å². The number of ether oxygens (including phenoxy) is 1. The normalized spacial score (nSPS) is 11.5. The molecule has 0 fully saturated rings. The fraction of sp³-hybridized carbons (Fsp3) is 0.0833. The van der Waals surface area contributed by atoms with E-state index in [0.29, 0.717) is 0 Å². The first-order valence-electron chi connectivity index (χ1n) is 5.13. The molecule has 0 spiro atoms. The Morgan fingerprint density at radius 2 is 1.85 bits per heavy atom. The largest absolute Gasteiger partial charge is 0.435 e. The fourth-order valence-electron chi connectivity index (χ4n) is 1.40. The molecule has 0 amide bonds. The monoisotopic (exact) mass is 353 g/mol. The van der Waals surface area contributed by atoms with Gasteiger partial charge in [0.15, 0.2) is 11.6 Å². The molecule has 2 nitrogen and oxygen atoms in total. The van der Waals surface area contributed by atoms with Crippen molar-refractivity contribution in [2.45, 2.75) is 6.18 Å². The molecule has 2 rings (SSSR count). The summed E-state index contributed by atoms with van der Waals surface area (Å²) in [6, 6.07) is 3.63. The van der Waals surface area contributed by atoms with Crippen LogP contribution in [0.25, 0.3) is 0 Å². The molecule has 0 N–H and O–H groups in total. The van der Waals surface area contributed by atoms with Gasteiger partial charge in [-0.05, 0) is 24.3 Å². The van der Waals surface area contributed by atoms with Gasteiger partial charge in [-0.1, -0.05) is 15.9 Å². The highest BCUT2D eigenvalue weighted by Gasteiger charge is 2.35. The van der Waals surface area contributed by atoms with Gasteiger partial charge in [-0.3, -0.25) is 0 Å². The van der Waals surface area contributed by atoms with Crippen LogP contribution >= 0.6 is 15.9 Å². The molecule has 0 saturated heterocycles. The fourth-order valence-corrected chi connectivity index (χ4v) is 1.81. The van der Waals surface area contributed by atoms with Crippen LogP contribution in [0.5, 0.6) is 11.6 Å². The lowest BCUT2D eigenvalue weighted by atomic mass is 10.2. The quantitative estimate of drug-likeness (QED) is 0.563. The van der Waals surface area contributed by atoms with Crippen molar-refractivity contribution in [1.82, 2.24) is 4.98 Å². The molecule has 20 heavy (non-hydrogen) atoms. The van der Waals surface area contributed by atoms with E-state index >= 15 is 0 Å². The number of rotatable bonds is 2. The summed E-state index contributed by atoms with van der Waals surface area (Å²) in [6.07, 6.45) is -3.67. The highest BCUT2D eigenvalue weighted by molar-refractivity contribution is 9.10. The second kappa shape index (κ2) is 5.35. The molecule has 0 aliphatic rings. The van der Waals surface area contributed by atoms with Crippen molar-refractivity contribution in [3.63, 3.8) is 0 Å². The molecule has 106 valence electrons. The summed E-state index contributed by atoms with van der Waals surface area (Å²) in [5, 5.41) is 0. The van der Waals surface area contributed by atoms with E-state index < -0.39 is 35.0 Å². The van der Waals surface area contributed by atoms with Gasteiger partial charge in [-0.2, -0.15) is 17.6 Å². The molecule has 1 heterocycles. The highest BCUT2D eigenvalue weighted by Crippen LogP contribution is 2.37. The first-order chi connectivity index (χ1) is 9.29. The summed E-state index contributed by atoms with van der Waals surface area (Å²) in [5.41, 5.74) is -1.18. The van der Waals surface area contributed by atoms with Crippen LogP contribution in [0.15, 0.2) is 34.9 Å². The summed E-state index contributed by atoms with van der Waals surface area (Å²) in [6.45, 7) is 0. The summed E-state index contributed by atoms with van der Waals surface area (Å²) in [7, 11) is 0. The molecular weight excluding hydrogens is 349 g/mol. The van der Waals surface area contributed by atoms with Gasteiger partial charge in [-0.25, -0.2) is 9.37 Å². The Balaban J connectivity index is 2.46. The van der Waals surface area contributed by atoms with Gasteiger partial charge in [0.25, 0.3) is 0 Å². The van der Waals surface area contributed by atoms with Gasteiger partial charge in [0.2, 0.25) is 11.7 Å². The average molecular weight is 354 g/mol. The van der Waals surface area contributed by atoms with Crippen LogP contribution in [0, 0.1) is 11.6 Å². The lowest BCUT2D eigenvalue weighted by molar-refractivity contribution is -0.138. The lowest BCUT2D eigenvalue weighted by Gasteiger charge is -2.12. The lowest BCUT2D eigenvalue weighted by Crippen LogP contribution is -2.08. The first-order valence-corrected chi connectivity index (χ1v) is 5.93. The van der Waals surface area contributed by atoms with Crippen molar-refractivity contribution in [3.05, 3.63) is 52.1 Å².